The molecule has 1 aliphatic rings. The third-order valence-corrected chi connectivity index (χ3v) is 8.87. The Kier molecular flexibility index (Phi) is 18.1. The fraction of sp³-hybridized carbons (Fsp3) is 0.641. The Morgan fingerprint density at radius 3 is 2.09 bits per heavy atom. The van der Waals surface area contributed by atoms with Gasteiger partial charge in [-0.05, 0) is 56.1 Å². The Labute approximate surface area is 283 Å². The smallest absolute Gasteiger partial charge is 0.303 e. The van der Waals surface area contributed by atoms with Gasteiger partial charge < -0.3 is 29.5 Å². The predicted octanol–water partition coefficient (Wildman–Crippen LogP) is 8.64. The summed E-state index contributed by atoms with van der Waals surface area (Å²) in [5.74, 6) is -0.904. The van der Waals surface area contributed by atoms with Crippen LogP contribution in [0.15, 0.2) is 48.5 Å². The SMILES string of the molecule is CCCCCCCCN(CCCCCCCC)C[C@H]1C[C@@H](c2ccc(CO)cc2)O[C@@H](c2cccc(NC(=O)[C@H](C)OC(C)=O)c2)O1. The van der Waals surface area contributed by atoms with E-state index in [1.165, 1.54) is 84.0 Å². The minimum absolute atomic E-state index is 0.000595. The molecule has 1 aliphatic heterocycles. The number of unbranched alkanes of at least 4 members (excludes halogenated alkanes) is 10. The van der Waals surface area contributed by atoms with E-state index in [1.807, 2.05) is 42.5 Å². The molecular formula is C39H60N2O6. The van der Waals surface area contributed by atoms with Crippen molar-refractivity contribution in [2.24, 2.45) is 0 Å². The highest BCUT2D eigenvalue weighted by atomic mass is 16.7. The molecule has 1 heterocycles. The lowest BCUT2D eigenvalue weighted by atomic mass is 9.99. The highest BCUT2D eigenvalue weighted by Gasteiger charge is 2.33. The number of hydrogen-bond acceptors (Lipinski definition) is 7. The van der Waals surface area contributed by atoms with Crippen LogP contribution in [0.3, 0.4) is 0 Å². The maximum atomic E-state index is 12.6. The van der Waals surface area contributed by atoms with Crippen molar-refractivity contribution in [1.82, 2.24) is 4.90 Å². The van der Waals surface area contributed by atoms with Gasteiger partial charge >= 0.3 is 5.97 Å². The summed E-state index contributed by atoms with van der Waals surface area (Å²) in [7, 11) is 0. The zero-order chi connectivity index (χ0) is 33.9. The molecule has 0 bridgehead atoms. The molecule has 1 saturated heterocycles. The van der Waals surface area contributed by atoms with E-state index in [0.29, 0.717) is 5.69 Å². The molecule has 2 aromatic carbocycles. The van der Waals surface area contributed by atoms with Crippen LogP contribution in [-0.2, 0) is 30.4 Å². The zero-order valence-electron chi connectivity index (χ0n) is 29.4. The van der Waals surface area contributed by atoms with E-state index in [9.17, 15) is 14.7 Å². The molecule has 262 valence electrons. The Morgan fingerprint density at radius 1 is 0.872 bits per heavy atom. The molecule has 8 nitrogen and oxygen atoms in total. The average Bonchev–Trinajstić information content (AvgIpc) is 3.07. The quantitative estimate of drug-likeness (QED) is 0.0971. The van der Waals surface area contributed by atoms with Crippen molar-refractivity contribution < 1.29 is 28.9 Å². The summed E-state index contributed by atoms with van der Waals surface area (Å²) in [6.45, 7) is 10.3. The number of nitrogens with one attached hydrogen (secondary N) is 1. The van der Waals surface area contributed by atoms with Gasteiger partial charge in [0.15, 0.2) is 12.4 Å². The first-order valence-electron chi connectivity index (χ1n) is 18.1. The van der Waals surface area contributed by atoms with Crippen molar-refractivity contribution in [1.29, 1.82) is 0 Å². The van der Waals surface area contributed by atoms with Crippen LogP contribution < -0.4 is 5.32 Å². The second kappa shape index (κ2) is 22.0. The van der Waals surface area contributed by atoms with Gasteiger partial charge in [0.2, 0.25) is 0 Å². The number of carbonyl (C=O) groups excluding carboxylic acids is 2. The van der Waals surface area contributed by atoms with Crippen LogP contribution in [0.25, 0.3) is 0 Å². The summed E-state index contributed by atoms with van der Waals surface area (Å²) in [6, 6.07) is 15.4. The molecule has 8 heteroatoms. The number of esters is 1. The van der Waals surface area contributed by atoms with E-state index >= 15 is 0 Å². The highest BCUT2D eigenvalue weighted by molar-refractivity contribution is 5.95. The van der Waals surface area contributed by atoms with E-state index in [4.69, 9.17) is 14.2 Å². The third kappa shape index (κ3) is 14.5. The molecule has 2 aromatic rings. The van der Waals surface area contributed by atoms with Crippen LogP contribution in [-0.4, -0.2) is 53.7 Å². The number of amides is 1. The summed E-state index contributed by atoms with van der Waals surface area (Å²) in [5, 5.41) is 12.4. The van der Waals surface area contributed by atoms with E-state index in [0.717, 1.165) is 42.7 Å². The van der Waals surface area contributed by atoms with Gasteiger partial charge in [-0.1, -0.05) is 114 Å². The Bertz CT molecular complexity index is 1160. The summed E-state index contributed by atoms with van der Waals surface area (Å²) in [5.41, 5.74) is 3.31. The minimum Gasteiger partial charge on any atom is -0.453 e. The third-order valence-electron chi connectivity index (χ3n) is 8.87. The Hall–Kier alpha value is -2.78. The van der Waals surface area contributed by atoms with E-state index in [2.05, 4.69) is 24.1 Å². The molecule has 0 saturated carbocycles. The van der Waals surface area contributed by atoms with Gasteiger partial charge in [-0.2, -0.15) is 0 Å². The van der Waals surface area contributed by atoms with E-state index in [-0.39, 0.29) is 18.8 Å². The van der Waals surface area contributed by atoms with Gasteiger partial charge in [0.1, 0.15) is 0 Å². The van der Waals surface area contributed by atoms with Crippen LogP contribution in [0.2, 0.25) is 0 Å². The first kappa shape index (κ1) is 38.7. The van der Waals surface area contributed by atoms with Crippen molar-refractivity contribution in [3.8, 4) is 0 Å². The van der Waals surface area contributed by atoms with E-state index in [1.54, 1.807) is 13.0 Å². The van der Waals surface area contributed by atoms with Crippen LogP contribution in [0.4, 0.5) is 5.69 Å². The summed E-state index contributed by atoms with van der Waals surface area (Å²) < 4.78 is 18.3. The molecule has 0 aromatic heterocycles. The second-order valence-electron chi connectivity index (χ2n) is 13.1. The number of anilines is 1. The maximum absolute atomic E-state index is 12.6. The van der Waals surface area contributed by atoms with Gasteiger partial charge in [0.05, 0.1) is 18.8 Å². The Morgan fingerprint density at radius 2 is 1.49 bits per heavy atom. The average molecular weight is 653 g/mol. The lowest BCUT2D eigenvalue weighted by Gasteiger charge is -2.38. The minimum atomic E-state index is -0.904. The van der Waals surface area contributed by atoms with Crippen molar-refractivity contribution in [3.63, 3.8) is 0 Å². The number of benzene rings is 2. The predicted molar refractivity (Wildman–Crippen MR) is 188 cm³/mol. The van der Waals surface area contributed by atoms with Crippen LogP contribution in [0.5, 0.6) is 0 Å². The molecular weight excluding hydrogens is 592 g/mol. The van der Waals surface area contributed by atoms with Gasteiger partial charge in [-0.15, -0.1) is 0 Å². The van der Waals surface area contributed by atoms with Crippen molar-refractivity contribution in [2.75, 3.05) is 25.0 Å². The van der Waals surface area contributed by atoms with Gasteiger partial charge in [0.25, 0.3) is 5.91 Å². The van der Waals surface area contributed by atoms with Crippen molar-refractivity contribution >= 4 is 17.6 Å². The molecule has 0 unspecified atom stereocenters. The van der Waals surface area contributed by atoms with Crippen LogP contribution in [0, 0.1) is 0 Å². The fourth-order valence-electron chi connectivity index (χ4n) is 6.16. The number of aliphatic hydroxyl groups is 1. The van der Waals surface area contributed by atoms with Crippen molar-refractivity contribution in [2.45, 2.75) is 142 Å². The van der Waals surface area contributed by atoms with Crippen LogP contribution >= 0.6 is 0 Å². The zero-order valence-corrected chi connectivity index (χ0v) is 29.4. The molecule has 0 spiro atoms. The molecule has 0 aliphatic carbocycles. The Balaban J connectivity index is 1.75. The van der Waals surface area contributed by atoms with Crippen molar-refractivity contribution in [3.05, 3.63) is 65.2 Å². The second-order valence-corrected chi connectivity index (χ2v) is 13.1. The largest absolute Gasteiger partial charge is 0.453 e. The van der Waals surface area contributed by atoms with E-state index < -0.39 is 24.3 Å². The van der Waals surface area contributed by atoms with Gasteiger partial charge in [-0.3, -0.25) is 9.59 Å². The lowest BCUT2D eigenvalue weighted by molar-refractivity contribution is -0.253. The molecule has 47 heavy (non-hydrogen) atoms. The topological polar surface area (TPSA) is 97.3 Å². The summed E-state index contributed by atoms with van der Waals surface area (Å²) in [6.07, 6.45) is 14.3. The molecule has 1 fully saturated rings. The van der Waals surface area contributed by atoms with Crippen LogP contribution in [0.1, 0.15) is 140 Å². The molecule has 3 rings (SSSR count). The number of ether oxygens (including phenoxy) is 3. The standard InChI is InChI=1S/C39H60N2O6/c1-5-7-9-11-13-15-24-41(25-16-14-12-10-8-6-2)28-36-27-37(33-22-20-32(29-42)21-23-33)47-39(46-36)34-18-17-19-35(26-34)40-38(44)30(3)45-31(4)43/h17-23,26,30,36-37,39,42H,5-16,24-25,27-29H2,1-4H3,(H,40,44)/t30-,36+,37-,39-/m0/s1. The number of hydrogen-bond donors (Lipinski definition) is 2. The molecule has 1 amide bonds. The van der Waals surface area contributed by atoms with Gasteiger partial charge in [-0.25, -0.2) is 0 Å². The lowest BCUT2D eigenvalue weighted by Crippen LogP contribution is -2.40. The molecule has 2 N–H and O–H groups in total. The maximum Gasteiger partial charge on any atom is 0.303 e. The van der Waals surface area contributed by atoms with Gasteiger partial charge in [0, 0.05) is 31.1 Å². The highest BCUT2D eigenvalue weighted by Crippen LogP contribution is 2.38. The number of nitrogens with zero attached hydrogens (tertiary/aromatic N) is 1. The fourth-order valence-corrected chi connectivity index (χ4v) is 6.16. The summed E-state index contributed by atoms with van der Waals surface area (Å²) >= 11 is 0. The molecule has 4 atom stereocenters. The molecule has 0 radical (unpaired) electrons. The number of carbonyl (C=O) groups is 2. The number of rotatable bonds is 22. The monoisotopic (exact) mass is 652 g/mol. The summed E-state index contributed by atoms with van der Waals surface area (Å²) in [4.78, 5) is 26.6. The normalized spacial score (nSPS) is 18.6. The first-order chi connectivity index (χ1) is 22.8. The number of aliphatic hydroxyl groups excluding tert-OH is 1. The first-order valence-corrected chi connectivity index (χ1v) is 18.1.